The molecule has 2 rings (SSSR count). The molecule has 0 bridgehead atoms. The van der Waals surface area contributed by atoms with Crippen molar-refractivity contribution in [2.45, 2.75) is 6.54 Å². The fraction of sp³-hybridized carbons (Fsp3) is 0.200. The van der Waals surface area contributed by atoms with Gasteiger partial charge in [0.15, 0.2) is 0 Å². The Morgan fingerprint density at radius 3 is 3.07 bits per heavy atom. The molecular formula is C10H8INO2. The number of nitrogens with zero attached hydrogens (tertiary/aromatic N) is 1. The Kier molecular flexibility index (Phi) is 2.54. The maximum Gasteiger partial charge on any atom is 0.337 e. The van der Waals surface area contributed by atoms with Crippen LogP contribution in [-0.2, 0) is 11.3 Å². The van der Waals surface area contributed by atoms with Crippen LogP contribution in [0.15, 0.2) is 23.2 Å². The highest BCUT2D eigenvalue weighted by Gasteiger charge is 2.15. The normalized spacial score (nSPS) is 13.4. The summed E-state index contributed by atoms with van der Waals surface area (Å²) in [6, 6.07) is 5.53. The molecule has 4 heteroatoms. The molecule has 0 aliphatic carbocycles. The van der Waals surface area contributed by atoms with Crippen LogP contribution in [0.4, 0.5) is 0 Å². The van der Waals surface area contributed by atoms with E-state index in [-0.39, 0.29) is 5.97 Å². The van der Waals surface area contributed by atoms with Gasteiger partial charge < -0.3 is 4.74 Å². The summed E-state index contributed by atoms with van der Waals surface area (Å²) in [4.78, 5) is 15.5. The van der Waals surface area contributed by atoms with Crippen molar-refractivity contribution in [3.8, 4) is 0 Å². The van der Waals surface area contributed by atoms with E-state index in [0.29, 0.717) is 12.1 Å². The summed E-state index contributed by atoms with van der Waals surface area (Å²) in [5.74, 6) is -0.297. The molecule has 0 saturated carbocycles. The Morgan fingerprint density at radius 2 is 2.36 bits per heavy atom. The summed E-state index contributed by atoms with van der Waals surface area (Å²) < 4.78 is 5.65. The standard InChI is InChI=1S/C10H8INO2/c1-14-10(13)6-2-3-8-7(4-6)5-12-9(8)11/h2-4H,5H2,1H3. The number of ether oxygens (including phenoxy) is 1. The van der Waals surface area contributed by atoms with Gasteiger partial charge in [0.05, 0.1) is 19.2 Å². The number of aliphatic imine (C=N–C) groups is 1. The SMILES string of the molecule is COC(=O)c1ccc2c(c1)CN=C2I. The van der Waals surface area contributed by atoms with E-state index in [1.807, 2.05) is 12.1 Å². The minimum Gasteiger partial charge on any atom is -0.465 e. The molecule has 3 nitrogen and oxygen atoms in total. The van der Waals surface area contributed by atoms with Crippen LogP contribution in [0.5, 0.6) is 0 Å². The number of carbonyl (C=O) groups excluding carboxylic acids is 1. The molecule has 0 N–H and O–H groups in total. The third-order valence-corrected chi connectivity index (χ3v) is 3.06. The Hall–Kier alpha value is -0.910. The number of fused-ring (bicyclic) bond motifs is 1. The first-order valence-electron chi connectivity index (χ1n) is 4.14. The van der Waals surface area contributed by atoms with Crippen LogP contribution >= 0.6 is 22.6 Å². The van der Waals surface area contributed by atoms with Gasteiger partial charge in [-0.05, 0) is 40.3 Å². The molecule has 0 spiro atoms. The molecule has 1 heterocycles. The lowest BCUT2D eigenvalue weighted by Gasteiger charge is -2.02. The topological polar surface area (TPSA) is 38.7 Å². The molecule has 1 aromatic carbocycles. The Bertz CT molecular complexity index is 426. The monoisotopic (exact) mass is 301 g/mol. The van der Waals surface area contributed by atoms with Gasteiger partial charge in [-0.2, -0.15) is 0 Å². The zero-order valence-corrected chi connectivity index (χ0v) is 9.74. The molecule has 0 fully saturated rings. The molecule has 1 aromatic rings. The minimum atomic E-state index is -0.297. The van der Waals surface area contributed by atoms with Crippen molar-refractivity contribution in [1.29, 1.82) is 0 Å². The van der Waals surface area contributed by atoms with Crippen molar-refractivity contribution in [1.82, 2.24) is 0 Å². The van der Waals surface area contributed by atoms with Gasteiger partial charge in [0.25, 0.3) is 0 Å². The first kappa shape index (κ1) is 9.64. The smallest absolute Gasteiger partial charge is 0.337 e. The van der Waals surface area contributed by atoms with E-state index < -0.39 is 0 Å². The van der Waals surface area contributed by atoms with Crippen molar-refractivity contribution in [3.63, 3.8) is 0 Å². The molecule has 0 atom stereocenters. The second-order valence-electron chi connectivity index (χ2n) is 2.97. The van der Waals surface area contributed by atoms with Crippen LogP contribution in [0.1, 0.15) is 21.5 Å². The van der Waals surface area contributed by atoms with Gasteiger partial charge in [-0.25, -0.2) is 4.79 Å². The summed E-state index contributed by atoms with van der Waals surface area (Å²) in [6.07, 6.45) is 0. The number of benzene rings is 1. The van der Waals surface area contributed by atoms with E-state index in [1.54, 1.807) is 6.07 Å². The number of carbonyl (C=O) groups is 1. The summed E-state index contributed by atoms with van der Waals surface area (Å²) in [7, 11) is 1.38. The molecule has 1 aliphatic heterocycles. The zero-order valence-electron chi connectivity index (χ0n) is 7.58. The van der Waals surface area contributed by atoms with Crippen molar-refractivity contribution in [2.75, 3.05) is 7.11 Å². The predicted molar refractivity (Wildman–Crippen MR) is 62.0 cm³/mol. The average molecular weight is 301 g/mol. The van der Waals surface area contributed by atoms with Crippen LogP contribution in [0, 0.1) is 0 Å². The number of rotatable bonds is 1. The quantitative estimate of drug-likeness (QED) is 0.589. The Labute approximate surface area is 95.3 Å². The van der Waals surface area contributed by atoms with Crippen molar-refractivity contribution in [3.05, 3.63) is 34.9 Å². The molecule has 0 unspecified atom stereocenters. The van der Waals surface area contributed by atoms with E-state index in [2.05, 4.69) is 32.3 Å². The van der Waals surface area contributed by atoms with Gasteiger partial charge in [0.1, 0.15) is 3.72 Å². The predicted octanol–water partition coefficient (Wildman–Crippen LogP) is 2.17. The summed E-state index contributed by atoms with van der Waals surface area (Å²) in [5.41, 5.74) is 2.81. The zero-order chi connectivity index (χ0) is 10.1. The van der Waals surface area contributed by atoms with Crippen LogP contribution < -0.4 is 0 Å². The van der Waals surface area contributed by atoms with Crippen LogP contribution in [-0.4, -0.2) is 16.8 Å². The van der Waals surface area contributed by atoms with E-state index in [9.17, 15) is 4.79 Å². The van der Waals surface area contributed by atoms with Gasteiger partial charge in [-0.15, -0.1) is 0 Å². The molecule has 14 heavy (non-hydrogen) atoms. The number of methoxy groups -OCH3 is 1. The Morgan fingerprint density at radius 1 is 1.57 bits per heavy atom. The van der Waals surface area contributed by atoms with Crippen LogP contribution in [0.2, 0.25) is 0 Å². The fourth-order valence-electron chi connectivity index (χ4n) is 1.41. The highest BCUT2D eigenvalue weighted by atomic mass is 127. The van der Waals surface area contributed by atoms with Gasteiger partial charge in [0, 0.05) is 5.56 Å². The second-order valence-corrected chi connectivity index (χ2v) is 3.99. The number of hydrogen-bond donors (Lipinski definition) is 0. The third-order valence-electron chi connectivity index (χ3n) is 2.14. The van der Waals surface area contributed by atoms with Gasteiger partial charge >= 0.3 is 5.97 Å². The molecule has 0 aromatic heterocycles. The molecule has 0 amide bonds. The molecular weight excluding hydrogens is 293 g/mol. The van der Waals surface area contributed by atoms with Gasteiger partial charge in [0.2, 0.25) is 0 Å². The molecule has 72 valence electrons. The van der Waals surface area contributed by atoms with Gasteiger partial charge in [-0.1, -0.05) is 6.07 Å². The minimum absolute atomic E-state index is 0.297. The largest absolute Gasteiger partial charge is 0.465 e. The van der Waals surface area contributed by atoms with E-state index >= 15 is 0 Å². The van der Waals surface area contributed by atoms with E-state index in [0.717, 1.165) is 14.8 Å². The molecule has 0 radical (unpaired) electrons. The lowest BCUT2D eigenvalue weighted by atomic mass is 10.1. The van der Waals surface area contributed by atoms with E-state index in [1.165, 1.54) is 7.11 Å². The molecule has 1 aliphatic rings. The molecule has 0 saturated heterocycles. The number of halogens is 1. The highest BCUT2D eigenvalue weighted by molar-refractivity contribution is 14.1. The van der Waals surface area contributed by atoms with Gasteiger partial charge in [-0.3, -0.25) is 4.99 Å². The first-order chi connectivity index (χ1) is 6.72. The van der Waals surface area contributed by atoms with Crippen molar-refractivity contribution in [2.24, 2.45) is 4.99 Å². The highest BCUT2D eigenvalue weighted by Crippen LogP contribution is 2.23. The average Bonchev–Trinajstić information content (AvgIpc) is 2.59. The maximum atomic E-state index is 11.2. The number of esters is 1. The maximum absolute atomic E-state index is 11.2. The van der Waals surface area contributed by atoms with Crippen molar-refractivity contribution >= 4 is 32.3 Å². The third kappa shape index (κ3) is 1.54. The van der Waals surface area contributed by atoms with E-state index in [4.69, 9.17) is 0 Å². The lowest BCUT2D eigenvalue weighted by Crippen LogP contribution is -2.02. The second kappa shape index (κ2) is 3.68. The summed E-state index contributed by atoms with van der Waals surface area (Å²) >= 11 is 2.20. The summed E-state index contributed by atoms with van der Waals surface area (Å²) in [5, 5.41) is 0. The van der Waals surface area contributed by atoms with Crippen molar-refractivity contribution < 1.29 is 9.53 Å². The number of hydrogen-bond acceptors (Lipinski definition) is 3. The van der Waals surface area contributed by atoms with Crippen LogP contribution in [0.25, 0.3) is 0 Å². The van der Waals surface area contributed by atoms with Crippen LogP contribution in [0.3, 0.4) is 0 Å². The fourth-order valence-corrected chi connectivity index (χ4v) is 2.11. The lowest BCUT2D eigenvalue weighted by molar-refractivity contribution is 0.0600. The first-order valence-corrected chi connectivity index (χ1v) is 5.22. The summed E-state index contributed by atoms with van der Waals surface area (Å²) in [6.45, 7) is 0.665. The Balaban J connectivity index is 2.40.